The molecule has 0 amide bonds. The molecule has 6 aromatic heterocycles. The van der Waals surface area contributed by atoms with Crippen molar-refractivity contribution in [3.05, 3.63) is 186 Å². The van der Waals surface area contributed by atoms with Crippen LogP contribution in [0.25, 0.3) is 0 Å². The summed E-state index contributed by atoms with van der Waals surface area (Å²) in [6.45, 7) is 56.9. The maximum absolute atomic E-state index is 4.96. The number of rotatable bonds is 0. The van der Waals surface area contributed by atoms with E-state index in [0.29, 0.717) is 0 Å². The molecule has 0 spiro atoms. The highest BCUT2D eigenvalue weighted by Gasteiger charge is 1.91. The Kier molecular flexibility index (Phi) is 65.0. The zero-order valence-corrected chi connectivity index (χ0v) is 49.6. The average Bonchev–Trinajstić information content (AvgIpc) is 4.16. The lowest BCUT2D eigenvalue weighted by Gasteiger charge is -1.93. The van der Waals surface area contributed by atoms with E-state index in [2.05, 4.69) is 126 Å². The third-order valence-corrected chi connectivity index (χ3v) is 10.4. The molecule has 0 fully saturated rings. The molecule has 0 aliphatic heterocycles. The second-order valence-corrected chi connectivity index (χ2v) is 14.8. The van der Waals surface area contributed by atoms with Gasteiger partial charge in [-0.15, -0.1) is 22.7 Å². The monoisotopic (exact) mass is 947 g/mol. The second kappa shape index (κ2) is 56.6. The number of hydrogen-bond acceptors (Lipinski definition) is 6. The van der Waals surface area contributed by atoms with Crippen LogP contribution in [0, 0.1) is 96.9 Å². The molecule has 6 heterocycles. The number of hydrogen-bond donors (Lipinski definition) is 0. The van der Waals surface area contributed by atoms with Gasteiger partial charge in [0, 0.05) is 34.0 Å². The molecule has 0 atom stereocenters. The minimum absolute atomic E-state index is 1.01. The molecule has 0 aliphatic rings. The van der Waals surface area contributed by atoms with Crippen molar-refractivity contribution in [1.82, 2.24) is 9.97 Å². The molecule has 0 saturated heterocycles. The first kappa shape index (κ1) is 75.8. The molecule has 4 nitrogen and oxygen atoms in total. The van der Waals surface area contributed by atoms with Crippen molar-refractivity contribution in [3.63, 3.8) is 0 Å². The van der Waals surface area contributed by atoms with Gasteiger partial charge in [-0.05, 0) is 194 Å². The van der Waals surface area contributed by atoms with Crippen LogP contribution in [-0.4, -0.2) is 9.97 Å². The van der Waals surface area contributed by atoms with Gasteiger partial charge in [0.1, 0.15) is 11.5 Å². The number of nitrogens with zero attached hydrogens (tertiary/aromatic N) is 2. The van der Waals surface area contributed by atoms with Crippen molar-refractivity contribution in [2.45, 2.75) is 194 Å². The molecule has 66 heavy (non-hydrogen) atoms. The van der Waals surface area contributed by atoms with Crippen LogP contribution >= 0.6 is 22.7 Å². The van der Waals surface area contributed by atoms with E-state index in [1.807, 2.05) is 174 Å². The minimum atomic E-state index is 1.01. The van der Waals surface area contributed by atoms with Crippen LogP contribution in [0.4, 0.5) is 0 Å². The first-order chi connectivity index (χ1) is 31.6. The predicted molar refractivity (Wildman–Crippen MR) is 307 cm³/mol. The van der Waals surface area contributed by atoms with Gasteiger partial charge >= 0.3 is 0 Å². The highest BCUT2D eigenvalue weighted by molar-refractivity contribution is 7.10. The Balaban J connectivity index is -0.000000118. The van der Waals surface area contributed by atoms with Crippen LogP contribution in [0.1, 0.15) is 174 Å². The number of pyridine rings is 2. The van der Waals surface area contributed by atoms with Gasteiger partial charge in [0.25, 0.3) is 0 Å². The van der Waals surface area contributed by atoms with Crippen LogP contribution in [-0.2, 0) is 0 Å². The Hall–Kier alpha value is -4.52. The Bertz CT molecular complexity index is 1570. The van der Waals surface area contributed by atoms with Gasteiger partial charge in [-0.1, -0.05) is 127 Å². The SMILES string of the molecule is CC.CC.CC.CC.CC.CC.CC.Cc1ccccc1C.Cc1cccnc1C.Cc1ccncc1C.Cc1ccoc1C.Cc1ccoc1C.Cc1ccsc1C.Cc1ccsc1C. The summed E-state index contributed by atoms with van der Waals surface area (Å²) in [5.74, 6) is 2.03. The number of furan rings is 2. The summed E-state index contributed by atoms with van der Waals surface area (Å²) in [5.41, 5.74) is 12.9. The van der Waals surface area contributed by atoms with Crippen molar-refractivity contribution < 1.29 is 8.83 Å². The minimum Gasteiger partial charge on any atom is -0.469 e. The Morgan fingerprint density at radius 1 is 0.333 bits per heavy atom. The fourth-order valence-electron chi connectivity index (χ4n) is 3.56. The highest BCUT2D eigenvalue weighted by Crippen LogP contribution is 2.13. The molecule has 376 valence electrons. The smallest absolute Gasteiger partial charge is 0.103 e. The number of aryl methyl sites for hydroxylation is 14. The molecule has 7 rings (SSSR count). The summed E-state index contributed by atoms with van der Waals surface area (Å²) in [6, 6.07) is 22.6. The number of aromatic nitrogens is 2. The van der Waals surface area contributed by atoms with Crippen LogP contribution in [0.15, 0.2) is 117 Å². The highest BCUT2D eigenvalue weighted by atomic mass is 32.1. The number of thiophene rings is 2. The third-order valence-electron chi connectivity index (χ3n) is 8.47. The normalized spacial score (nSPS) is 8.00. The van der Waals surface area contributed by atoms with E-state index < -0.39 is 0 Å². The Morgan fingerprint density at radius 2 is 0.682 bits per heavy atom. The maximum atomic E-state index is 4.96. The van der Waals surface area contributed by atoms with Crippen molar-refractivity contribution in [2.75, 3.05) is 0 Å². The first-order valence-electron chi connectivity index (χ1n) is 24.4. The quantitative estimate of drug-likeness (QED) is 0.152. The van der Waals surface area contributed by atoms with E-state index in [-0.39, 0.29) is 0 Å². The lowest BCUT2D eigenvalue weighted by Crippen LogP contribution is -1.81. The Morgan fingerprint density at radius 3 is 0.833 bits per heavy atom. The van der Waals surface area contributed by atoms with E-state index in [4.69, 9.17) is 8.83 Å². The second-order valence-electron chi connectivity index (χ2n) is 12.6. The zero-order chi connectivity index (χ0) is 53.1. The van der Waals surface area contributed by atoms with Crippen molar-refractivity contribution >= 4 is 22.7 Å². The standard InChI is InChI=1S/C8H10.2C7H9N.2C6H8O.2C6H8S.7C2H6/c1-7-5-3-4-6-8(7)2;1-6-3-4-8-5-7(6)2;1-6-4-3-5-8-7(6)2;4*1-5-3-4-7-6(5)2;7*1-2/h3-6H,1-2H3;2*3-5H,1-2H3;4*3-4H,1-2H3;7*1-2H3. The fraction of sp³-hybridized carbons (Fsp3) is 0.467. The van der Waals surface area contributed by atoms with Crippen LogP contribution in [0.3, 0.4) is 0 Å². The molecule has 0 saturated carbocycles. The molecule has 6 heteroatoms. The summed E-state index contributed by atoms with van der Waals surface area (Å²) in [6.07, 6.45) is 8.88. The molecule has 0 aliphatic carbocycles. The molecule has 0 unspecified atom stereocenters. The van der Waals surface area contributed by atoms with E-state index in [9.17, 15) is 0 Å². The zero-order valence-electron chi connectivity index (χ0n) is 47.9. The predicted octanol–water partition coefficient (Wildman–Crippen LogP) is 21.4. The molecule has 7 aromatic rings. The summed E-state index contributed by atoms with van der Waals surface area (Å²) in [4.78, 5) is 10.9. The fourth-order valence-corrected chi connectivity index (χ4v) is 5.02. The van der Waals surface area contributed by atoms with Gasteiger partial charge in [0.2, 0.25) is 0 Å². The lowest BCUT2D eigenvalue weighted by molar-refractivity contribution is 0.531. The number of benzene rings is 1. The molecule has 0 radical (unpaired) electrons. The maximum Gasteiger partial charge on any atom is 0.103 e. The van der Waals surface area contributed by atoms with Crippen molar-refractivity contribution in [2.24, 2.45) is 0 Å². The Labute approximate surface area is 418 Å². The van der Waals surface area contributed by atoms with Gasteiger partial charge in [0.05, 0.1) is 12.5 Å². The van der Waals surface area contributed by atoms with Crippen molar-refractivity contribution in [3.8, 4) is 0 Å². The van der Waals surface area contributed by atoms with Gasteiger partial charge < -0.3 is 8.83 Å². The first-order valence-corrected chi connectivity index (χ1v) is 26.2. The topological polar surface area (TPSA) is 52.1 Å². The van der Waals surface area contributed by atoms with E-state index >= 15 is 0 Å². The molecule has 0 N–H and O–H groups in total. The lowest BCUT2D eigenvalue weighted by atomic mass is 10.1. The van der Waals surface area contributed by atoms with Gasteiger partial charge in [-0.2, -0.15) is 0 Å². The summed E-state index contributed by atoms with van der Waals surface area (Å²) in [7, 11) is 0. The van der Waals surface area contributed by atoms with Crippen LogP contribution in [0.2, 0.25) is 0 Å². The summed E-state index contributed by atoms with van der Waals surface area (Å²) >= 11 is 3.61. The summed E-state index contributed by atoms with van der Waals surface area (Å²) < 4.78 is 9.93. The van der Waals surface area contributed by atoms with E-state index in [1.54, 1.807) is 35.2 Å². The largest absolute Gasteiger partial charge is 0.469 e. The van der Waals surface area contributed by atoms with Crippen LogP contribution in [0.5, 0.6) is 0 Å². The van der Waals surface area contributed by atoms with Gasteiger partial charge in [0.15, 0.2) is 0 Å². The summed E-state index contributed by atoms with van der Waals surface area (Å²) in [5, 5.41) is 4.23. The van der Waals surface area contributed by atoms with E-state index in [0.717, 1.165) is 17.2 Å². The molecular formula is C60H102N2O2S2. The molecule has 0 bridgehead atoms. The van der Waals surface area contributed by atoms with E-state index in [1.165, 1.54) is 59.8 Å². The van der Waals surface area contributed by atoms with Crippen molar-refractivity contribution in [1.29, 1.82) is 0 Å². The average molecular weight is 948 g/mol. The van der Waals surface area contributed by atoms with Gasteiger partial charge in [-0.25, -0.2) is 0 Å². The third kappa shape index (κ3) is 43.4. The van der Waals surface area contributed by atoms with Gasteiger partial charge in [-0.3, -0.25) is 9.97 Å². The van der Waals surface area contributed by atoms with Crippen LogP contribution < -0.4 is 0 Å². The molecular weight excluding hydrogens is 845 g/mol. The molecule has 1 aromatic carbocycles.